The van der Waals surface area contributed by atoms with E-state index in [2.05, 4.69) is 24.2 Å². The molecule has 0 N–H and O–H groups in total. The second kappa shape index (κ2) is 6.28. The number of oxime groups is 2. The SMILES string of the molecule is CO/N=C1\CC[C@@]2(C)[C@H](CC[C@@H]3[C@@H]2CC[C@]2(C)/C(=N/OC)CC[C@@H]32)C1. The summed E-state index contributed by atoms with van der Waals surface area (Å²) in [6, 6.07) is 0. The lowest BCUT2D eigenvalue weighted by Gasteiger charge is -2.59. The minimum absolute atomic E-state index is 0.289. The molecule has 4 aliphatic carbocycles. The first-order valence-electron chi connectivity index (χ1n) is 10.2. The van der Waals surface area contributed by atoms with E-state index in [1.54, 1.807) is 14.2 Å². The summed E-state index contributed by atoms with van der Waals surface area (Å²) >= 11 is 0. The van der Waals surface area contributed by atoms with Crippen molar-refractivity contribution in [2.75, 3.05) is 14.2 Å². The Balaban J connectivity index is 1.58. The van der Waals surface area contributed by atoms with Crippen LogP contribution in [0.15, 0.2) is 10.3 Å². The first kappa shape index (κ1) is 17.4. The maximum Gasteiger partial charge on any atom is 0.106 e. The van der Waals surface area contributed by atoms with E-state index in [0.717, 1.165) is 42.9 Å². The van der Waals surface area contributed by atoms with Crippen LogP contribution in [0.2, 0.25) is 0 Å². The number of rotatable bonds is 2. The van der Waals surface area contributed by atoms with Crippen LogP contribution in [0.5, 0.6) is 0 Å². The molecule has 0 aliphatic heterocycles. The molecule has 4 heteroatoms. The zero-order chi connectivity index (χ0) is 17.7. The quantitative estimate of drug-likeness (QED) is 0.658. The third-order valence-corrected chi connectivity index (χ3v) is 8.66. The third-order valence-electron chi connectivity index (χ3n) is 8.66. The van der Waals surface area contributed by atoms with Gasteiger partial charge in [0.15, 0.2) is 0 Å². The summed E-state index contributed by atoms with van der Waals surface area (Å²) in [4.78, 5) is 10.2. The number of hydrogen-bond donors (Lipinski definition) is 0. The van der Waals surface area contributed by atoms with E-state index in [9.17, 15) is 0 Å². The average molecular weight is 347 g/mol. The van der Waals surface area contributed by atoms with Gasteiger partial charge in [-0.1, -0.05) is 24.2 Å². The minimum Gasteiger partial charge on any atom is -0.399 e. The van der Waals surface area contributed by atoms with Crippen molar-refractivity contribution < 1.29 is 9.68 Å². The monoisotopic (exact) mass is 346 g/mol. The van der Waals surface area contributed by atoms with E-state index in [4.69, 9.17) is 9.68 Å². The lowest BCUT2D eigenvalue weighted by atomic mass is 9.45. The van der Waals surface area contributed by atoms with Gasteiger partial charge in [0.2, 0.25) is 0 Å². The van der Waals surface area contributed by atoms with Crippen LogP contribution in [0.4, 0.5) is 0 Å². The molecule has 0 spiro atoms. The fraction of sp³-hybridized carbons (Fsp3) is 0.905. The molecule has 140 valence electrons. The van der Waals surface area contributed by atoms with E-state index in [1.165, 1.54) is 49.9 Å². The van der Waals surface area contributed by atoms with Crippen LogP contribution < -0.4 is 0 Å². The van der Waals surface area contributed by atoms with Gasteiger partial charge in [-0.3, -0.25) is 0 Å². The van der Waals surface area contributed by atoms with Crippen molar-refractivity contribution in [3.63, 3.8) is 0 Å². The Bertz CT molecular complexity index is 586. The van der Waals surface area contributed by atoms with E-state index in [-0.39, 0.29) is 5.41 Å². The Labute approximate surface area is 152 Å². The average Bonchev–Trinajstić information content (AvgIpc) is 2.93. The summed E-state index contributed by atoms with van der Waals surface area (Å²) in [5, 5.41) is 8.73. The van der Waals surface area contributed by atoms with E-state index in [1.807, 2.05) is 0 Å². The zero-order valence-electron chi connectivity index (χ0n) is 16.4. The molecule has 4 nitrogen and oxygen atoms in total. The molecule has 0 bridgehead atoms. The third kappa shape index (κ3) is 2.54. The largest absolute Gasteiger partial charge is 0.399 e. The molecule has 0 aromatic rings. The van der Waals surface area contributed by atoms with Crippen LogP contribution >= 0.6 is 0 Å². The molecule has 6 atom stereocenters. The Morgan fingerprint density at radius 3 is 2.44 bits per heavy atom. The summed E-state index contributed by atoms with van der Waals surface area (Å²) in [6.45, 7) is 5.07. The van der Waals surface area contributed by atoms with Crippen LogP contribution in [0, 0.1) is 34.5 Å². The molecular weight excluding hydrogens is 312 g/mol. The lowest BCUT2D eigenvalue weighted by molar-refractivity contribution is -0.0821. The Morgan fingerprint density at radius 2 is 1.68 bits per heavy atom. The first-order valence-corrected chi connectivity index (χ1v) is 10.2. The summed E-state index contributed by atoms with van der Waals surface area (Å²) in [7, 11) is 3.38. The highest BCUT2D eigenvalue weighted by Gasteiger charge is 2.59. The normalized spacial score (nSPS) is 49.4. The highest BCUT2D eigenvalue weighted by atomic mass is 16.6. The summed E-state index contributed by atoms with van der Waals surface area (Å²) < 4.78 is 0. The van der Waals surface area contributed by atoms with Gasteiger partial charge in [0, 0.05) is 5.41 Å². The van der Waals surface area contributed by atoms with Gasteiger partial charge >= 0.3 is 0 Å². The van der Waals surface area contributed by atoms with Gasteiger partial charge in [-0.15, -0.1) is 0 Å². The number of nitrogens with zero attached hydrogens (tertiary/aromatic N) is 2. The summed E-state index contributed by atoms with van der Waals surface area (Å²) in [5.74, 6) is 3.38. The van der Waals surface area contributed by atoms with Crippen LogP contribution in [0.25, 0.3) is 0 Å². The Hall–Kier alpha value is -1.06. The molecule has 4 aliphatic rings. The van der Waals surface area contributed by atoms with Crippen LogP contribution in [-0.2, 0) is 9.68 Å². The molecule has 4 saturated carbocycles. The molecule has 0 saturated heterocycles. The lowest BCUT2D eigenvalue weighted by Crippen LogP contribution is -2.53. The molecular formula is C21H34N2O2. The van der Waals surface area contributed by atoms with Crippen LogP contribution in [0.3, 0.4) is 0 Å². The zero-order valence-corrected chi connectivity index (χ0v) is 16.4. The second-order valence-corrected chi connectivity index (χ2v) is 9.42. The number of fused-ring (bicyclic) bond motifs is 5. The van der Waals surface area contributed by atoms with Crippen molar-refractivity contribution in [3.05, 3.63) is 0 Å². The predicted octanol–water partition coefficient (Wildman–Crippen LogP) is 5.03. The Morgan fingerprint density at radius 1 is 0.880 bits per heavy atom. The van der Waals surface area contributed by atoms with E-state index < -0.39 is 0 Å². The van der Waals surface area contributed by atoms with Gasteiger partial charge < -0.3 is 9.68 Å². The van der Waals surface area contributed by atoms with Crippen molar-refractivity contribution in [2.24, 2.45) is 44.8 Å². The molecule has 25 heavy (non-hydrogen) atoms. The second-order valence-electron chi connectivity index (χ2n) is 9.42. The van der Waals surface area contributed by atoms with Gasteiger partial charge in [-0.05, 0) is 86.9 Å². The standard InChI is InChI=1S/C21H34N2O2/c1-20-11-9-15(22-24-3)13-14(20)5-6-16-17-7-8-19(23-25-4)21(17,2)12-10-18(16)20/h14,16-18H,5-13H2,1-4H3/b22-15+,23-19+/t14-,16+,17+,18+,20+,21+/m1/s1. The molecule has 0 aromatic heterocycles. The molecule has 4 fully saturated rings. The molecule has 0 radical (unpaired) electrons. The van der Waals surface area contributed by atoms with Gasteiger partial charge in [-0.2, -0.15) is 0 Å². The van der Waals surface area contributed by atoms with Crippen molar-refractivity contribution >= 4 is 11.4 Å². The first-order chi connectivity index (χ1) is 12.0. The van der Waals surface area contributed by atoms with Crippen molar-refractivity contribution in [1.82, 2.24) is 0 Å². The highest BCUT2D eigenvalue weighted by Crippen LogP contribution is 2.65. The topological polar surface area (TPSA) is 43.2 Å². The predicted molar refractivity (Wildman–Crippen MR) is 101 cm³/mol. The van der Waals surface area contributed by atoms with Gasteiger partial charge in [0.25, 0.3) is 0 Å². The van der Waals surface area contributed by atoms with Gasteiger partial charge in [-0.25, -0.2) is 0 Å². The van der Waals surface area contributed by atoms with Gasteiger partial charge in [0.1, 0.15) is 14.2 Å². The molecule has 0 heterocycles. The minimum atomic E-state index is 0.289. The Kier molecular flexibility index (Phi) is 4.36. The maximum atomic E-state index is 5.18. The highest BCUT2D eigenvalue weighted by molar-refractivity contribution is 5.92. The molecule has 4 rings (SSSR count). The molecule has 0 unspecified atom stereocenters. The smallest absolute Gasteiger partial charge is 0.106 e. The van der Waals surface area contributed by atoms with E-state index >= 15 is 0 Å². The van der Waals surface area contributed by atoms with Crippen molar-refractivity contribution in [3.8, 4) is 0 Å². The maximum absolute atomic E-state index is 5.18. The fourth-order valence-electron chi connectivity index (χ4n) is 7.32. The van der Waals surface area contributed by atoms with Crippen LogP contribution in [-0.4, -0.2) is 25.6 Å². The van der Waals surface area contributed by atoms with E-state index in [0.29, 0.717) is 5.41 Å². The van der Waals surface area contributed by atoms with Crippen molar-refractivity contribution in [1.29, 1.82) is 0 Å². The molecule has 0 aromatic carbocycles. The van der Waals surface area contributed by atoms with Crippen LogP contribution in [0.1, 0.15) is 71.6 Å². The molecule has 0 amide bonds. The fourth-order valence-corrected chi connectivity index (χ4v) is 7.32. The number of hydrogen-bond acceptors (Lipinski definition) is 4. The van der Waals surface area contributed by atoms with Crippen molar-refractivity contribution in [2.45, 2.75) is 71.6 Å². The summed E-state index contributed by atoms with van der Waals surface area (Å²) in [5.41, 5.74) is 3.42. The van der Waals surface area contributed by atoms with Gasteiger partial charge in [0.05, 0.1) is 11.4 Å². The summed E-state index contributed by atoms with van der Waals surface area (Å²) in [6.07, 6.45) is 11.5.